The quantitative estimate of drug-likeness (QED) is 0.775. The molecule has 2 N–H and O–H groups in total. The lowest BCUT2D eigenvalue weighted by Crippen LogP contribution is -2.24. The first-order valence-corrected chi connectivity index (χ1v) is 5.64. The minimum absolute atomic E-state index is 0.163. The number of rotatable bonds is 2. The number of carbonyl (C=O) groups is 1. The summed E-state index contributed by atoms with van der Waals surface area (Å²) in [6.45, 7) is 4.31. The summed E-state index contributed by atoms with van der Waals surface area (Å²) >= 11 is 0. The van der Waals surface area contributed by atoms with Gasteiger partial charge in [0.2, 0.25) is 0 Å². The Morgan fingerprint density at radius 2 is 1.94 bits per heavy atom. The van der Waals surface area contributed by atoms with Crippen molar-refractivity contribution < 1.29 is 9.53 Å². The van der Waals surface area contributed by atoms with E-state index in [2.05, 4.69) is 26.0 Å². The zero-order chi connectivity index (χ0) is 11.7. The maximum absolute atomic E-state index is 11.2. The summed E-state index contributed by atoms with van der Waals surface area (Å²) in [4.78, 5) is 11.2. The third-order valence-corrected chi connectivity index (χ3v) is 3.00. The number of cyclic esters (lactones) is 1. The number of nitrogens with two attached hydrogens (primary N) is 1. The van der Waals surface area contributed by atoms with Crippen molar-refractivity contribution in [1.29, 1.82) is 0 Å². The summed E-state index contributed by atoms with van der Waals surface area (Å²) in [7, 11) is 0. The standard InChI is InChI=1S/C13H17NO2/c1-8(2)9-3-5-10(6-4-9)12-7-11(14)13(15)16-12/h3-6,8,11-12H,7,14H2,1-2H3. The zero-order valence-electron chi connectivity index (χ0n) is 9.64. The molecule has 2 unspecified atom stereocenters. The molecule has 1 heterocycles. The fourth-order valence-electron chi connectivity index (χ4n) is 1.90. The number of esters is 1. The predicted octanol–water partition coefficient (Wildman–Crippen LogP) is 2.13. The molecule has 1 aliphatic rings. The van der Waals surface area contributed by atoms with Gasteiger partial charge in [-0.05, 0) is 17.0 Å². The molecule has 0 saturated carbocycles. The van der Waals surface area contributed by atoms with Crippen LogP contribution in [0.1, 0.15) is 43.4 Å². The number of benzene rings is 1. The molecule has 1 aliphatic heterocycles. The van der Waals surface area contributed by atoms with Gasteiger partial charge in [-0.1, -0.05) is 38.1 Å². The molecule has 1 aromatic carbocycles. The first-order valence-electron chi connectivity index (χ1n) is 5.64. The summed E-state index contributed by atoms with van der Waals surface area (Å²) in [6.07, 6.45) is 0.420. The van der Waals surface area contributed by atoms with E-state index >= 15 is 0 Å². The topological polar surface area (TPSA) is 52.3 Å². The summed E-state index contributed by atoms with van der Waals surface area (Å²) in [6, 6.07) is 7.74. The highest BCUT2D eigenvalue weighted by molar-refractivity contribution is 5.77. The Balaban J connectivity index is 2.14. The van der Waals surface area contributed by atoms with Crippen molar-refractivity contribution in [1.82, 2.24) is 0 Å². The number of hydrogen-bond donors (Lipinski definition) is 1. The van der Waals surface area contributed by atoms with E-state index in [-0.39, 0.29) is 12.1 Å². The van der Waals surface area contributed by atoms with Crippen molar-refractivity contribution in [2.45, 2.75) is 38.3 Å². The summed E-state index contributed by atoms with van der Waals surface area (Å²) in [5.41, 5.74) is 7.93. The summed E-state index contributed by atoms with van der Waals surface area (Å²) in [5, 5.41) is 0. The van der Waals surface area contributed by atoms with Crippen LogP contribution in [0.2, 0.25) is 0 Å². The molecule has 16 heavy (non-hydrogen) atoms. The molecule has 2 rings (SSSR count). The van der Waals surface area contributed by atoms with Gasteiger partial charge in [-0.25, -0.2) is 0 Å². The van der Waals surface area contributed by atoms with Crippen LogP contribution in [0.3, 0.4) is 0 Å². The third kappa shape index (κ3) is 2.09. The molecule has 1 saturated heterocycles. The van der Waals surface area contributed by atoms with Gasteiger partial charge < -0.3 is 10.5 Å². The van der Waals surface area contributed by atoms with Crippen molar-refractivity contribution in [3.8, 4) is 0 Å². The van der Waals surface area contributed by atoms with Gasteiger partial charge in [-0.15, -0.1) is 0 Å². The highest BCUT2D eigenvalue weighted by Crippen LogP contribution is 2.29. The number of carbonyl (C=O) groups excluding carboxylic acids is 1. The Bertz CT molecular complexity index is 383. The van der Waals surface area contributed by atoms with Gasteiger partial charge in [-0.3, -0.25) is 4.79 Å². The Hall–Kier alpha value is -1.35. The zero-order valence-corrected chi connectivity index (χ0v) is 9.64. The molecule has 1 aromatic rings. The summed E-state index contributed by atoms with van der Waals surface area (Å²) < 4.78 is 5.20. The normalized spacial score (nSPS) is 24.9. The van der Waals surface area contributed by atoms with Crippen LogP contribution in [0.15, 0.2) is 24.3 Å². The van der Waals surface area contributed by atoms with Gasteiger partial charge in [0, 0.05) is 6.42 Å². The van der Waals surface area contributed by atoms with E-state index in [4.69, 9.17) is 10.5 Å². The van der Waals surface area contributed by atoms with Gasteiger partial charge >= 0.3 is 5.97 Å². The third-order valence-electron chi connectivity index (χ3n) is 3.00. The largest absolute Gasteiger partial charge is 0.456 e. The molecule has 86 valence electrons. The lowest BCUT2D eigenvalue weighted by Gasteiger charge is -2.11. The average Bonchev–Trinajstić information content (AvgIpc) is 2.59. The highest BCUT2D eigenvalue weighted by Gasteiger charge is 2.32. The van der Waals surface area contributed by atoms with E-state index in [1.54, 1.807) is 0 Å². The molecule has 0 aromatic heterocycles. The monoisotopic (exact) mass is 219 g/mol. The SMILES string of the molecule is CC(C)c1ccc(C2CC(N)C(=O)O2)cc1. The Labute approximate surface area is 95.6 Å². The predicted molar refractivity (Wildman–Crippen MR) is 62.0 cm³/mol. The number of hydrogen-bond acceptors (Lipinski definition) is 3. The van der Waals surface area contributed by atoms with Crippen molar-refractivity contribution >= 4 is 5.97 Å². The van der Waals surface area contributed by atoms with Gasteiger partial charge in [0.1, 0.15) is 12.1 Å². The first kappa shape index (κ1) is 11.1. The van der Waals surface area contributed by atoms with Crippen LogP contribution in [-0.4, -0.2) is 12.0 Å². The minimum atomic E-state index is -0.463. The van der Waals surface area contributed by atoms with Crippen LogP contribution >= 0.6 is 0 Å². The van der Waals surface area contributed by atoms with E-state index in [1.807, 2.05) is 12.1 Å². The molecule has 0 bridgehead atoms. The smallest absolute Gasteiger partial charge is 0.323 e. The molecule has 0 aliphatic carbocycles. The summed E-state index contributed by atoms with van der Waals surface area (Å²) in [5.74, 6) is 0.223. The Morgan fingerprint density at radius 1 is 1.31 bits per heavy atom. The number of ether oxygens (including phenoxy) is 1. The van der Waals surface area contributed by atoms with Crippen LogP contribution in [0.25, 0.3) is 0 Å². The molecule has 0 spiro atoms. The van der Waals surface area contributed by atoms with Crippen LogP contribution in [-0.2, 0) is 9.53 Å². The van der Waals surface area contributed by atoms with Gasteiger partial charge in [0.05, 0.1) is 0 Å². The lowest BCUT2D eigenvalue weighted by atomic mass is 9.99. The molecule has 3 nitrogen and oxygen atoms in total. The van der Waals surface area contributed by atoms with Crippen molar-refractivity contribution in [2.24, 2.45) is 5.73 Å². The molecule has 0 amide bonds. The maximum Gasteiger partial charge on any atom is 0.323 e. The second-order valence-electron chi connectivity index (χ2n) is 4.59. The molecule has 0 radical (unpaired) electrons. The van der Waals surface area contributed by atoms with Crippen LogP contribution in [0.4, 0.5) is 0 Å². The van der Waals surface area contributed by atoms with Crippen molar-refractivity contribution in [3.63, 3.8) is 0 Å². The van der Waals surface area contributed by atoms with Gasteiger partial charge in [0.25, 0.3) is 0 Å². The first-order chi connectivity index (χ1) is 7.58. The average molecular weight is 219 g/mol. The second-order valence-corrected chi connectivity index (χ2v) is 4.59. The van der Waals surface area contributed by atoms with Crippen LogP contribution < -0.4 is 5.73 Å². The van der Waals surface area contributed by atoms with E-state index < -0.39 is 6.04 Å². The Morgan fingerprint density at radius 3 is 2.38 bits per heavy atom. The lowest BCUT2D eigenvalue weighted by molar-refractivity contribution is -0.142. The van der Waals surface area contributed by atoms with Crippen molar-refractivity contribution in [3.05, 3.63) is 35.4 Å². The van der Waals surface area contributed by atoms with E-state index in [0.29, 0.717) is 12.3 Å². The molecule has 3 heteroatoms. The fourth-order valence-corrected chi connectivity index (χ4v) is 1.90. The highest BCUT2D eigenvalue weighted by atomic mass is 16.6. The fraction of sp³-hybridized carbons (Fsp3) is 0.462. The van der Waals surface area contributed by atoms with Gasteiger partial charge in [-0.2, -0.15) is 0 Å². The van der Waals surface area contributed by atoms with Crippen molar-refractivity contribution in [2.75, 3.05) is 0 Å². The molecule has 1 fully saturated rings. The van der Waals surface area contributed by atoms with E-state index in [0.717, 1.165) is 5.56 Å². The second kappa shape index (κ2) is 4.26. The minimum Gasteiger partial charge on any atom is -0.456 e. The van der Waals surface area contributed by atoms with Crippen LogP contribution in [0.5, 0.6) is 0 Å². The van der Waals surface area contributed by atoms with E-state index in [1.165, 1.54) is 5.56 Å². The maximum atomic E-state index is 11.2. The molecular weight excluding hydrogens is 202 g/mol. The molecule has 2 atom stereocenters. The Kier molecular flexibility index (Phi) is 2.97. The molecular formula is C13H17NO2. The van der Waals surface area contributed by atoms with Crippen LogP contribution in [0, 0.1) is 0 Å². The van der Waals surface area contributed by atoms with Gasteiger partial charge in [0.15, 0.2) is 0 Å². The van der Waals surface area contributed by atoms with E-state index in [9.17, 15) is 4.79 Å².